The molecule has 0 fully saturated rings. The molecule has 0 aliphatic heterocycles. The second kappa shape index (κ2) is 6.15. The minimum atomic E-state index is -0.976. The molecule has 0 aliphatic rings. The van der Waals surface area contributed by atoms with Crippen molar-refractivity contribution in [3.05, 3.63) is 41.4 Å². The Labute approximate surface area is 115 Å². The summed E-state index contributed by atoms with van der Waals surface area (Å²) in [4.78, 5) is 14.8. The fourth-order valence-corrected chi connectivity index (χ4v) is 2.31. The minimum Gasteiger partial charge on any atom is -0.494 e. The largest absolute Gasteiger partial charge is 0.494 e. The van der Waals surface area contributed by atoms with E-state index < -0.39 is 5.97 Å². The number of thiazole rings is 1. The number of carboxylic acid groups (broad SMARTS) is 1. The van der Waals surface area contributed by atoms with Gasteiger partial charge in [0.2, 0.25) is 0 Å². The molecule has 19 heavy (non-hydrogen) atoms. The molecule has 1 N–H and O–H groups in total. The van der Waals surface area contributed by atoms with E-state index in [1.165, 1.54) is 17.4 Å². The van der Waals surface area contributed by atoms with Gasteiger partial charge in [-0.1, -0.05) is 0 Å². The molecule has 2 rings (SSSR count). The van der Waals surface area contributed by atoms with Crippen molar-refractivity contribution in [2.45, 2.75) is 6.92 Å². The van der Waals surface area contributed by atoms with Crippen LogP contribution in [0.5, 0.6) is 5.75 Å². The number of carboxylic acids is 1. The Kier molecular flexibility index (Phi) is 4.30. The molecule has 2 aromatic rings. The van der Waals surface area contributed by atoms with Gasteiger partial charge in [0.15, 0.2) is 0 Å². The molecule has 0 saturated carbocycles. The van der Waals surface area contributed by atoms with Crippen LogP contribution in [0.2, 0.25) is 0 Å². The third-order valence-corrected chi connectivity index (χ3v) is 3.24. The van der Waals surface area contributed by atoms with Gasteiger partial charge in [-0.25, -0.2) is 9.78 Å². The maximum atomic E-state index is 10.4. The zero-order valence-electron chi connectivity index (χ0n) is 10.4. The lowest BCUT2D eigenvalue weighted by atomic mass is 10.2. The summed E-state index contributed by atoms with van der Waals surface area (Å²) in [5.41, 5.74) is 1.64. The van der Waals surface area contributed by atoms with Gasteiger partial charge >= 0.3 is 5.97 Å². The zero-order valence-corrected chi connectivity index (χ0v) is 11.2. The molecular formula is C14H13NO3S. The minimum absolute atomic E-state index is 0.640. The quantitative estimate of drug-likeness (QED) is 0.850. The Bertz CT molecular complexity index is 587. The first-order valence-corrected chi connectivity index (χ1v) is 6.67. The average molecular weight is 275 g/mol. The van der Waals surface area contributed by atoms with Crippen molar-refractivity contribution >= 4 is 23.4 Å². The lowest BCUT2D eigenvalue weighted by Crippen LogP contribution is -1.90. The lowest BCUT2D eigenvalue weighted by molar-refractivity contribution is -0.131. The Morgan fingerprint density at radius 1 is 1.42 bits per heavy atom. The molecule has 0 unspecified atom stereocenters. The number of rotatable bonds is 5. The molecule has 0 saturated heterocycles. The molecule has 4 nitrogen and oxygen atoms in total. The summed E-state index contributed by atoms with van der Waals surface area (Å²) in [5, 5.41) is 11.2. The van der Waals surface area contributed by atoms with Crippen molar-refractivity contribution in [1.29, 1.82) is 0 Å². The predicted molar refractivity (Wildman–Crippen MR) is 75.4 cm³/mol. The number of aliphatic carboxylic acids is 1. The van der Waals surface area contributed by atoms with Gasteiger partial charge in [-0.3, -0.25) is 0 Å². The molecule has 0 spiro atoms. The number of hydrogen-bond donors (Lipinski definition) is 1. The van der Waals surface area contributed by atoms with E-state index in [0.29, 0.717) is 12.3 Å². The van der Waals surface area contributed by atoms with Gasteiger partial charge in [-0.2, -0.15) is 0 Å². The highest BCUT2D eigenvalue weighted by molar-refractivity contribution is 7.13. The van der Waals surface area contributed by atoms with Crippen LogP contribution in [0.1, 0.15) is 12.6 Å². The highest BCUT2D eigenvalue weighted by Crippen LogP contribution is 2.26. The molecule has 0 bridgehead atoms. The van der Waals surface area contributed by atoms with E-state index in [4.69, 9.17) is 9.84 Å². The van der Waals surface area contributed by atoms with E-state index in [9.17, 15) is 4.79 Å². The number of aromatic nitrogens is 1. The molecular weight excluding hydrogens is 262 g/mol. The van der Waals surface area contributed by atoms with Crippen LogP contribution in [-0.2, 0) is 4.79 Å². The van der Waals surface area contributed by atoms with Crippen LogP contribution in [0.15, 0.2) is 35.7 Å². The van der Waals surface area contributed by atoms with Gasteiger partial charge in [-0.05, 0) is 37.3 Å². The highest BCUT2D eigenvalue weighted by Gasteiger charge is 2.03. The molecule has 1 aromatic heterocycles. The van der Waals surface area contributed by atoms with Gasteiger partial charge in [-0.15, -0.1) is 11.3 Å². The van der Waals surface area contributed by atoms with Crippen LogP contribution in [0.25, 0.3) is 16.6 Å². The molecule has 0 amide bonds. The first-order valence-electron chi connectivity index (χ1n) is 5.79. The standard InChI is InChI=1S/C14H13NO3S/c1-2-18-12-6-3-10(4-7-12)14-15-11(9-19-14)5-8-13(16)17/h3-9H,2H2,1H3,(H,16,17)/b8-5+. The van der Waals surface area contributed by atoms with E-state index in [-0.39, 0.29) is 0 Å². The second-order valence-electron chi connectivity index (χ2n) is 3.71. The molecule has 5 heteroatoms. The maximum Gasteiger partial charge on any atom is 0.328 e. The van der Waals surface area contributed by atoms with Gasteiger partial charge in [0.25, 0.3) is 0 Å². The van der Waals surface area contributed by atoms with Crippen molar-refractivity contribution in [1.82, 2.24) is 4.98 Å². The van der Waals surface area contributed by atoms with E-state index >= 15 is 0 Å². The summed E-state index contributed by atoms with van der Waals surface area (Å²) in [6.45, 7) is 2.58. The van der Waals surface area contributed by atoms with Crippen LogP contribution < -0.4 is 4.74 Å². The normalized spacial score (nSPS) is 10.8. The summed E-state index contributed by atoms with van der Waals surface area (Å²) < 4.78 is 5.37. The Hall–Kier alpha value is -2.14. The van der Waals surface area contributed by atoms with E-state index in [2.05, 4.69) is 4.98 Å². The van der Waals surface area contributed by atoms with Crippen molar-refractivity contribution in [2.24, 2.45) is 0 Å². The van der Waals surface area contributed by atoms with Gasteiger partial charge < -0.3 is 9.84 Å². The van der Waals surface area contributed by atoms with E-state index in [0.717, 1.165) is 22.4 Å². The van der Waals surface area contributed by atoms with Crippen LogP contribution in [0.3, 0.4) is 0 Å². The van der Waals surface area contributed by atoms with Gasteiger partial charge in [0, 0.05) is 17.0 Å². The van der Waals surface area contributed by atoms with Crippen molar-refractivity contribution < 1.29 is 14.6 Å². The molecule has 0 radical (unpaired) electrons. The molecule has 1 heterocycles. The van der Waals surface area contributed by atoms with Crippen molar-refractivity contribution in [2.75, 3.05) is 6.61 Å². The number of nitrogens with zero attached hydrogens (tertiary/aromatic N) is 1. The average Bonchev–Trinajstić information content (AvgIpc) is 2.86. The molecule has 98 valence electrons. The third kappa shape index (κ3) is 3.66. The van der Waals surface area contributed by atoms with Gasteiger partial charge in [0.1, 0.15) is 10.8 Å². The number of ether oxygens (including phenoxy) is 1. The Morgan fingerprint density at radius 3 is 2.79 bits per heavy atom. The Morgan fingerprint density at radius 2 is 2.16 bits per heavy atom. The smallest absolute Gasteiger partial charge is 0.328 e. The molecule has 1 aromatic carbocycles. The monoisotopic (exact) mass is 275 g/mol. The molecule has 0 aliphatic carbocycles. The summed E-state index contributed by atoms with van der Waals surface area (Å²) in [6, 6.07) is 7.67. The second-order valence-corrected chi connectivity index (χ2v) is 4.56. The van der Waals surface area contributed by atoms with Gasteiger partial charge in [0.05, 0.1) is 12.3 Å². The Balaban J connectivity index is 2.15. The van der Waals surface area contributed by atoms with Crippen molar-refractivity contribution in [3.8, 4) is 16.3 Å². The third-order valence-electron chi connectivity index (χ3n) is 2.33. The fraction of sp³-hybridized carbons (Fsp3) is 0.143. The SMILES string of the molecule is CCOc1ccc(-c2nc(/C=C/C(=O)O)cs2)cc1. The summed E-state index contributed by atoms with van der Waals surface area (Å²) in [5.74, 6) is -0.149. The van der Waals surface area contributed by atoms with Crippen LogP contribution >= 0.6 is 11.3 Å². The summed E-state index contributed by atoms with van der Waals surface area (Å²) >= 11 is 1.48. The number of hydrogen-bond acceptors (Lipinski definition) is 4. The predicted octanol–water partition coefficient (Wildman–Crippen LogP) is 3.31. The topological polar surface area (TPSA) is 59.4 Å². The highest BCUT2D eigenvalue weighted by atomic mass is 32.1. The van der Waals surface area contributed by atoms with Crippen molar-refractivity contribution in [3.63, 3.8) is 0 Å². The van der Waals surface area contributed by atoms with Crippen LogP contribution in [-0.4, -0.2) is 22.7 Å². The zero-order chi connectivity index (χ0) is 13.7. The van der Waals surface area contributed by atoms with Crippen LogP contribution in [0, 0.1) is 0 Å². The van der Waals surface area contributed by atoms with Crippen LogP contribution in [0.4, 0.5) is 0 Å². The maximum absolute atomic E-state index is 10.4. The first-order chi connectivity index (χ1) is 9.19. The van der Waals surface area contributed by atoms with E-state index in [1.807, 2.05) is 36.6 Å². The summed E-state index contributed by atoms with van der Waals surface area (Å²) in [7, 11) is 0. The lowest BCUT2D eigenvalue weighted by Gasteiger charge is -2.02. The fourth-order valence-electron chi connectivity index (χ4n) is 1.51. The number of benzene rings is 1. The molecule has 0 atom stereocenters. The van der Waals surface area contributed by atoms with E-state index in [1.54, 1.807) is 0 Å². The first kappa shape index (κ1) is 13.3. The summed E-state index contributed by atoms with van der Waals surface area (Å²) in [6.07, 6.45) is 2.56. The number of carbonyl (C=O) groups is 1.